The predicted octanol–water partition coefficient (Wildman–Crippen LogP) is 4.71. The molecule has 0 bridgehead atoms. The number of halogens is 1. The van der Waals surface area contributed by atoms with Crippen molar-refractivity contribution in [2.24, 2.45) is 0 Å². The Hall–Kier alpha value is -4.22. The van der Waals surface area contributed by atoms with Crippen molar-refractivity contribution in [1.29, 1.82) is 0 Å². The first-order valence-corrected chi connectivity index (χ1v) is 12.8. The van der Waals surface area contributed by atoms with Crippen molar-refractivity contribution in [3.05, 3.63) is 75.4 Å². The van der Waals surface area contributed by atoms with E-state index in [1.54, 1.807) is 56.3 Å². The van der Waals surface area contributed by atoms with Crippen molar-refractivity contribution in [3.63, 3.8) is 0 Å². The zero-order valence-corrected chi connectivity index (χ0v) is 22.2. The number of aromatic nitrogens is 1. The van der Waals surface area contributed by atoms with E-state index in [9.17, 15) is 19.2 Å². The Labute approximate surface area is 227 Å². The molecule has 4 rings (SSSR count). The summed E-state index contributed by atoms with van der Waals surface area (Å²) in [5.41, 5.74) is 1.29. The zero-order valence-electron chi connectivity index (χ0n) is 20.7. The Morgan fingerprint density at radius 2 is 1.79 bits per heavy atom. The fourth-order valence-corrected chi connectivity index (χ4v) is 4.66. The number of carbonyl (C=O) groups is 4. The Bertz CT molecular complexity index is 1450. The van der Waals surface area contributed by atoms with Crippen LogP contribution >= 0.6 is 22.9 Å². The Morgan fingerprint density at radius 3 is 2.47 bits per heavy atom. The second kappa shape index (κ2) is 11.4. The Morgan fingerprint density at radius 1 is 1.05 bits per heavy atom. The molecule has 1 aliphatic rings. The second-order valence-corrected chi connectivity index (χ2v) is 9.25. The van der Waals surface area contributed by atoms with Crippen molar-refractivity contribution in [2.45, 2.75) is 20.8 Å². The van der Waals surface area contributed by atoms with Gasteiger partial charge < -0.3 is 14.8 Å². The first-order valence-electron chi connectivity index (χ1n) is 11.6. The number of aryl methyl sites for hydroxylation is 1. The number of esters is 1. The van der Waals surface area contributed by atoms with E-state index in [0.29, 0.717) is 34.3 Å². The normalized spacial score (nSPS) is 13.1. The van der Waals surface area contributed by atoms with E-state index in [2.05, 4.69) is 15.6 Å². The van der Waals surface area contributed by atoms with Gasteiger partial charge in [-0.05, 0) is 63.2 Å². The molecule has 3 aromatic rings. The largest absolute Gasteiger partial charge is 0.494 e. The monoisotopic (exact) mass is 554 g/mol. The highest BCUT2D eigenvalue weighted by atomic mass is 35.5. The van der Waals surface area contributed by atoms with E-state index < -0.39 is 23.7 Å². The molecule has 12 heteroatoms. The van der Waals surface area contributed by atoms with Gasteiger partial charge in [0.05, 0.1) is 24.6 Å². The van der Waals surface area contributed by atoms with Crippen LogP contribution in [0.3, 0.4) is 0 Å². The number of amides is 3. The second-order valence-electron chi connectivity index (χ2n) is 7.88. The maximum absolute atomic E-state index is 13.1. The summed E-state index contributed by atoms with van der Waals surface area (Å²) in [5.74, 6) is -1.69. The molecule has 1 aliphatic heterocycles. The van der Waals surface area contributed by atoms with Gasteiger partial charge in [0, 0.05) is 11.3 Å². The predicted molar refractivity (Wildman–Crippen MR) is 144 cm³/mol. The summed E-state index contributed by atoms with van der Waals surface area (Å²) in [7, 11) is 0. The number of thiazole rings is 1. The van der Waals surface area contributed by atoms with Gasteiger partial charge in [-0.1, -0.05) is 29.0 Å². The van der Waals surface area contributed by atoms with Crippen molar-refractivity contribution in [2.75, 3.05) is 28.7 Å². The summed E-state index contributed by atoms with van der Waals surface area (Å²) in [6.45, 7) is 5.91. The van der Waals surface area contributed by atoms with Crippen LogP contribution < -0.4 is 20.3 Å². The van der Waals surface area contributed by atoms with Crippen LogP contribution in [-0.4, -0.2) is 41.9 Å². The summed E-state index contributed by atoms with van der Waals surface area (Å²) < 4.78 is 10.4. The third kappa shape index (κ3) is 5.53. The minimum atomic E-state index is -0.672. The first-order chi connectivity index (χ1) is 18.2. The molecule has 1 aromatic heterocycles. The number of benzene rings is 2. The molecule has 0 saturated heterocycles. The van der Waals surface area contributed by atoms with Crippen molar-refractivity contribution >= 4 is 63.1 Å². The van der Waals surface area contributed by atoms with Gasteiger partial charge in [-0.15, -0.1) is 0 Å². The summed E-state index contributed by atoms with van der Waals surface area (Å²) in [6.07, 6.45) is 0. The molecule has 0 fully saturated rings. The van der Waals surface area contributed by atoms with Gasteiger partial charge in [-0.2, -0.15) is 0 Å². The van der Waals surface area contributed by atoms with Gasteiger partial charge in [0.25, 0.3) is 17.7 Å². The van der Waals surface area contributed by atoms with E-state index in [4.69, 9.17) is 21.1 Å². The van der Waals surface area contributed by atoms with Gasteiger partial charge in [-0.3, -0.25) is 19.7 Å². The number of nitrogens with zero attached hydrogens (tertiary/aromatic N) is 2. The van der Waals surface area contributed by atoms with Crippen LogP contribution in [0, 0.1) is 6.92 Å². The molecular weight excluding hydrogens is 532 g/mol. The van der Waals surface area contributed by atoms with Gasteiger partial charge in [0.2, 0.25) is 0 Å². The molecule has 2 heterocycles. The van der Waals surface area contributed by atoms with Crippen LogP contribution in [0.1, 0.15) is 39.6 Å². The summed E-state index contributed by atoms with van der Waals surface area (Å²) in [6, 6.07) is 12.8. The molecule has 0 radical (unpaired) electrons. The highest BCUT2D eigenvalue weighted by Gasteiger charge is 2.39. The number of rotatable bonds is 9. The fourth-order valence-electron chi connectivity index (χ4n) is 3.59. The molecule has 0 atom stereocenters. The lowest BCUT2D eigenvalue weighted by Gasteiger charge is -2.15. The molecule has 10 nitrogen and oxygen atoms in total. The quantitative estimate of drug-likeness (QED) is 0.287. The number of nitrogens with one attached hydrogen (secondary N) is 2. The average molecular weight is 555 g/mol. The van der Waals surface area contributed by atoms with E-state index in [1.165, 1.54) is 6.07 Å². The topological polar surface area (TPSA) is 127 Å². The van der Waals surface area contributed by atoms with Crippen LogP contribution in [0.5, 0.6) is 5.75 Å². The number of ether oxygens (including phenoxy) is 2. The third-order valence-electron chi connectivity index (χ3n) is 5.31. The fraction of sp³-hybridized carbons (Fsp3) is 0.192. The summed E-state index contributed by atoms with van der Waals surface area (Å²) >= 11 is 7.24. The lowest BCUT2D eigenvalue weighted by atomic mass is 10.2. The van der Waals surface area contributed by atoms with Crippen LogP contribution in [0.4, 0.5) is 16.5 Å². The van der Waals surface area contributed by atoms with Crippen molar-refractivity contribution in [3.8, 4) is 5.75 Å². The highest BCUT2D eigenvalue weighted by molar-refractivity contribution is 7.17. The molecule has 0 unspecified atom stereocenters. The zero-order chi connectivity index (χ0) is 27.4. The smallest absolute Gasteiger partial charge is 0.350 e. The third-order valence-corrected chi connectivity index (χ3v) is 6.71. The Kier molecular flexibility index (Phi) is 8.08. The van der Waals surface area contributed by atoms with Crippen LogP contribution in [0.2, 0.25) is 0 Å². The van der Waals surface area contributed by atoms with Crippen molar-refractivity contribution < 1.29 is 28.7 Å². The molecule has 2 N–H and O–H groups in total. The standard InChI is InChI=1S/C26H23ClN4O6S/c1-4-36-18-11-9-17(10-12-18)31-23(33)19(27)20(24(31)34)29-16-8-6-7-15(13-16)22(32)30-26-28-14(3)21(38-26)25(35)37-5-2/h6-13,29H,4-5H2,1-3H3,(H,28,30,32). The van der Waals surface area contributed by atoms with E-state index in [1.807, 2.05) is 6.92 Å². The molecule has 0 spiro atoms. The number of imide groups is 1. The highest BCUT2D eigenvalue weighted by Crippen LogP contribution is 2.31. The van der Waals surface area contributed by atoms with Crippen LogP contribution in [0.25, 0.3) is 0 Å². The van der Waals surface area contributed by atoms with Gasteiger partial charge >= 0.3 is 5.97 Å². The number of hydrogen-bond donors (Lipinski definition) is 2. The molecule has 0 aliphatic carbocycles. The molecule has 3 amide bonds. The maximum atomic E-state index is 13.1. The summed E-state index contributed by atoms with van der Waals surface area (Å²) in [4.78, 5) is 56.2. The lowest BCUT2D eigenvalue weighted by Crippen LogP contribution is -2.32. The average Bonchev–Trinajstić information content (AvgIpc) is 3.36. The Balaban J connectivity index is 1.48. The maximum Gasteiger partial charge on any atom is 0.350 e. The van der Waals surface area contributed by atoms with E-state index in [-0.39, 0.29) is 28.0 Å². The van der Waals surface area contributed by atoms with Crippen molar-refractivity contribution in [1.82, 2.24) is 4.98 Å². The lowest BCUT2D eigenvalue weighted by molar-refractivity contribution is -0.120. The number of anilines is 3. The van der Waals surface area contributed by atoms with Crippen LogP contribution in [0.15, 0.2) is 59.3 Å². The SMILES string of the molecule is CCOC(=O)c1sc(NC(=O)c2cccc(NC3=C(Cl)C(=O)N(c4ccc(OCC)cc4)C3=O)c2)nc1C. The first kappa shape index (κ1) is 26.8. The molecular formula is C26H23ClN4O6S. The van der Waals surface area contributed by atoms with E-state index in [0.717, 1.165) is 16.2 Å². The van der Waals surface area contributed by atoms with Crippen LogP contribution in [-0.2, 0) is 14.3 Å². The molecule has 196 valence electrons. The van der Waals surface area contributed by atoms with Gasteiger partial charge in [-0.25, -0.2) is 14.7 Å². The molecule has 2 aromatic carbocycles. The summed E-state index contributed by atoms with van der Waals surface area (Å²) in [5, 5.41) is 5.48. The van der Waals surface area contributed by atoms with Gasteiger partial charge in [0.15, 0.2) is 5.13 Å². The number of carbonyl (C=O) groups excluding carboxylic acids is 4. The molecule has 0 saturated carbocycles. The van der Waals surface area contributed by atoms with Gasteiger partial charge in [0.1, 0.15) is 21.4 Å². The minimum Gasteiger partial charge on any atom is -0.494 e. The van der Waals surface area contributed by atoms with E-state index >= 15 is 0 Å². The number of hydrogen-bond acceptors (Lipinski definition) is 9. The minimum absolute atomic E-state index is 0.113. The molecule has 38 heavy (non-hydrogen) atoms.